The maximum Gasteiger partial charge on any atom is 0.338 e. The lowest BCUT2D eigenvalue weighted by Crippen LogP contribution is -2.32. The average Bonchev–Trinajstić information content (AvgIpc) is 3.29. The molecule has 0 N–H and O–H groups in total. The standard InChI is InChI=1S/C19H22N2O6/c1-26-10-4-9-21-17(23)14-6-5-13(11-15(14)18(21)24)19(25)27-12-16(22)20-7-2-3-8-20/h5-6,11H,2-4,7-10,12H2,1H3. The number of hydrogen-bond acceptors (Lipinski definition) is 6. The van der Waals surface area contributed by atoms with E-state index in [1.807, 2.05) is 0 Å². The van der Waals surface area contributed by atoms with E-state index in [0.29, 0.717) is 26.1 Å². The maximum absolute atomic E-state index is 12.5. The Morgan fingerprint density at radius 2 is 1.78 bits per heavy atom. The van der Waals surface area contributed by atoms with Crippen molar-refractivity contribution in [3.05, 3.63) is 34.9 Å². The number of nitrogens with zero attached hydrogens (tertiary/aromatic N) is 2. The van der Waals surface area contributed by atoms with Crippen molar-refractivity contribution in [3.8, 4) is 0 Å². The molecule has 2 aliphatic rings. The van der Waals surface area contributed by atoms with E-state index >= 15 is 0 Å². The number of amides is 3. The molecule has 27 heavy (non-hydrogen) atoms. The molecule has 144 valence electrons. The zero-order valence-electron chi connectivity index (χ0n) is 15.2. The van der Waals surface area contributed by atoms with Crippen LogP contribution in [0.4, 0.5) is 0 Å². The van der Waals surface area contributed by atoms with Gasteiger partial charge in [-0.25, -0.2) is 4.79 Å². The third kappa shape index (κ3) is 4.00. The molecule has 1 fully saturated rings. The fraction of sp³-hybridized carbons (Fsp3) is 0.474. The summed E-state index contributed by atoms with van der Waals surface area (Å²) in [6, 6.07) is 4.24. The van der Waals surface area contributed by atoms with Gasteiger partial charge < -0.3 is 14.4 Å². The second-order valence-electron chi connectivity index (χ2n) is 6.53. The second-order valence-corrected chi connectivity index (χ2v) is 6.53. The van der Waals surface area contributed by atoms with Crippen LogP contribution in [0.25, 0.3) is 0 Å². The lowest BCUT2D eigenvalue weighted by molar-refractivity contribution is -0.133. The van der Waals surface area contributed by atoms with E-state index in [-0.39, 0.29) is 41.7 Å². The van der Waals surface area contributed by atoms with Gasteiger partial charge in [-0.2, -0.15) is 0 Å². The summed E-state index contributed by atoms with van der Waals surface area (Å²) >= 11 is 0. The molecule has 0 aromatic heterocycles. The van der Waals surface area contributed by atoms with E-state index < -0.39 is 11.9 Å². The molecule has 0 saturated carbocycles. The van der Waals surface area contributed by atoms with Crippen molar-refractivity contribution in [3.63, 3.8) is 0 Å². The summed E-state index contributed by atoms with van der Waals surface area (Å²) in [6.45, 7) is 1.74. The van der Waals surface area contributed by atoms with Crippen LogP contribution >= 0.6 is 0 Å². The SMILES string of the molecule is COCCCN1C(=O)c2ccc(C(=O)OCC(=O)N3CCCC3)cc2C1=O. The summed E-state index contributed by atoms with van der Waals surface area (Å²) in [5.74, 6) is -1.73. The third-order valence-corrected chi connectivity index (χ3v) is 4.72. The van der Waals surface area contributed by atoms with Crippen molar-refractivity contribution in [1.29, 1.82) is 0 Å². The van der Waals surface area contributed by atoms with Gasteiger partial charge in [0, 0.05) is 33.4 Å². The molecule has 8 heteroatoms. The Labute approximate surface area is 157 Å². The molecule has 0 spiro atoms. The van der Waals surface area contributed by atoms with Crippen LogP contribution in [0, 0.1) is 0 Å². The normalized spacial score (nSPS) is 16.0. The number of carbonyl (C=O) groups excluding carboxylic acids is 4. The zero-order chi connectivity index (χ0) is 19.4. The average molecular weight is 374 g/mol. The first kappa shape index (κ1) is 19.0. The van der Waals surface area contributed by atoms with Gasteiger partial charge in [-0.1, -0.05) is 0 Å². The molecule has 3 rings (SSSR count). The van der Waals surface area contributed by atoms with Gasteiger partial charge in [-0.15, -0.1) is 0 Å². The van der Waals surface area contributed by atoms with E-state index in [1.54, 1.807) is 12.0 Å². The molecule has 0 atom stereocenters. The minimum atomic E-state index is -0.691. The molecule has 0 radical (unpaired) electrons. The second kappa shape index (κ2) is 8.30. The fourth-order valence-corrected chi connectivity index (χ4v) is 3.26. The highest BCUT2D eigenvalue weighted by Crippen LogP contribution is 2.24. The highest BCUT2D eigenvalue weighted by molar-refractivity contribution is 6.21. The van der Waals surface area contributed by atoms with Crippen LogP contribution in [-0.4, -0.2) is 73.4 Å². The largest absolute Gasteiger partial charge is 0.452 e. The number of methoxy groups -OCH3 is 1. The number of hydrogen-bond donors (Lipinski definition) is 0. The van der Waals surface area contributed by atoms with Gasteiger partial charge in [0.25, 0.3) is 17.7 Å². The third-order valence-electron chi connectivity index (χ3n) is 4.72. The van der Waals surface area contributed by atoms with Crippen molar-refractivity contribution in [1.82, 2.24) is 9.80 Å². The summed E-state index contributed by atoms with van der Waals surface area (Å²) in [5.41, 5.74) is 0.586. The predicted octanol–water partition coefficient (Wildman–Crippen LogP) is 1.10. The van der Waals surface area contributed by atoms with E-state index in [9.17, 15) is 19.2 Å². The van der Waals surface area contributed by atoms with Gasteiger partial charge in [0.15, 0.2) is 6.61 Å². The lowest BCUT2D eigenvalue weighted by atomic mass is 10.1. The van der Waals surface area contributed by atoms with Gasteiger partial charge >= 0.3 is 5.97 Å². The van der Waals surface area contributed by atoms with Crippen molar-refractivity contribution in [2.75, 3.05) is 40.0 Å². The molecule has 1 aromatic carbocycles. The number of imide groups is 1. The smallest absolute Gasteiger partial charge is 0.338 e. The summed E-state index contributed by atoms with van der Waals surface area (Å²) in [5, 5.41) is 0. The molecule has 2 heterocycles. The minimum absolute atomic E-state index is 0.142. The van der Waals surface area contributed by atoms with Gasteiger partial charge in [0.2, 0.25) is 0 Å². The molecule has 0 unspecified atom stereocenters. The zero-order valence-corrected chi connectivity index (χ0v) is 15.2. The van der Waals surface area contributed by atoms with Crippen molar-refractivity contribution >= 4 is 23.7 Å². The Hall–Kier alpha value is -2.74. The van der Waals surface area contributed by atoms with E-state index in [2.05, 4.69) is 0 Å². The van der Waals surface area contributed by atoms with Crippen LogP contribution in [0.2, 0.25) is 0 Å². The van der Waals surface area contributed by atoms with Crippen LogP contribution in [0.3, 0.4) is 0 Å². The number of carbonyl (C=O) groups is 4. The van der Waals surface area contributed by atoms with E-state index in [0.717, 1.165) is 17.7 Å². The lowest BCUT2D eigenvalue weighted by Gasteiger charge is -2.14. The number of likely N-dealkylation sites (tertiary alicyclic amines) is 1. The summed E-state index contributed by atoms with van der Waals surface area (Å²) in [7, 11) is 1.55. The monoisotopic (exact) mass is 374 g/mol. The molecule has 1 saturated heterocycles. The van der Waals surface area contributed by atoms with Crippen molar-refractivity contribution in [2.45, 2.75) is 19.3 Å². The summed E-state index contributed by atoms with van der Waals surface area (Å²) in [4.78, 5) is 51.8. The molecule has 8 nitrogen and oxygen atoms in total. The Morgan fingerprint density at radius 1 is 1.07 bits per heavy atom. The van der Waals surface area contributed by atoms with Gasteiger partial charge in [0.1, 0.15) is 0 Å². The van der Waals surface area contributed by atoms with Gasteiger partial charge in [0.05, 0.1) is 16.7 Å². The number of esters is 1. The van der Waals surface area contributed by atoms with E-state index in [1.165, 1.54) is 18.2 Å². The summed E-state index contributed by atoms with van der Waals surface area (Å²) in [6.07, 6.45) is 2.46. The minimum Gasteiger partial charge on any atom is -0.452 e. The number of benzene rings is 1. The van der Waals surface area contributed by atoms with Gasteiger partial charge in [-0.05, 0) is 37.5 Å². The van der Waals surface area contributed by atoms with Crippen molar-refractivity contribution in [2.24, 2.45) is 0 Å². The Kier molecular flexibility index (Phi) is 5.85. The van der Waals surface area contributed by atoms with Crippen LogP contribution in [0.5, 0.6) is 0 Å². The molecular weight excluding hydrogens is 352 g/mol. The van der Waals surface area contributed by atoms with Crippen LogP contribution < -0.4 is 0 Å². The molecule has 3 amide bonds. The predicted molar refractivity (Wildman–Crippen MR) is 94.4 cm³/mol. The summed E-state index contributed by atoms with van der Waals surface area (Å²) < 4.78 is 10.0. The number of fused-ring (bicyclic) bond motifs is 1. The first-order chi connectivity index (χ1) is 13.0. The number of ether oxygens (including phenoxy) is 2. The fourth-order valence-electron chi connectivity index (χ4n) is 3.26. The molecule has 0 aliphatic carbocycles. The Bertz CT molecular complexity index is 769. The first-order valence-electron chi connectivity index (χ1n) is 8.97. The topological polar surface area (TPSA) is 93.2 Å². The molecule has 2 aliphatic heterocycles. The molecular formula is C19H22N2O6. The van der Waals surface area contributed by atoms with Gasteiger partial charge in [-0.3, -0.25) is 19.3 Å². The van der Waals surface area contributed by atoms with Crippen LogP contribution in [0.15, 0.2) is 18.2 Å². The first-order valence-corrected chi connectivity index (χ1v) is 8.97. The van der Waals surface area contributed by atoms with E-state index in [4.69, 9.17) is 9.47 Å². The van der Waals surface area contributed by atoms with Crippen LogP contribution in [-0.2, 0) is 14.3 Å². The Morgan fingerprint density at radius 3 is 2.48 bits per heavy atom. The van der Waals surface area contributed by atoms with Crippen molar-refractivity contribution < 1.29 is 28.7 Å². The molecule has 0 bridgehead atoms. The molecule has 1 aromatic rings. The quantitative estimate of drug-likeness (QED) is 0.403. The highest BCUT2D eigenvalue weighted by Gasteiger charge is 2.35. The Balaban J connectivity index is 1.64. The maximum atomic E-state index is 12.5. The van der Waals surface area contributed by atoms with Crippen LogP contribution in [0.1, 0.15) is 50.3 Å². The number of rotatable bonds is 7. The highest BCUT2D eigenvalue weighted by atomic mass is 16.5.